The highest BCUT2D eigenvalue weighted by Gasteiger charge is 2.19. The molecule has 5 nitrogen and oxygen atoms in total. The molecule has 0 bridgehead atoms. The van der Waals surface area contributed by atoms with Crippen molar-refractivity contribution in [2.75, 3.05) is 0 Å². The van der Waals surface area contributed by atoms with Gasteiger partial charge in [-0.05, 0) is 30.5 Å². The van der Waals surface area contributed by atoms with E-state index in [9.17, 15) is 4.79 Å². The summed E-state index contributed by atoms with van der Waals surface area (Å²) in [6.45, 7) is 4.62. The van der Waals surface area contributed by atoms with Gasteiger partial charge in [0.2, 0.25) is 0 Å². The molecular weight excluding hydrogens is 290 g/mol. The van der Waals surface area contributed by atoms with Crippen LogP contribution in [0, 0.1) is 0 Å². The van der Waals surface area contributed by atoms with Crippen LogP contribution in [0.2, 0.25) is 0 Å². The van der Waals surface area contributed by atoms with Crippen LogP contribution in [0.3, 0.4) is 0 Å². The van der Waals surface area contributed by atoms with E-state index in [4.69, 9.17) is 4.74 Å². The molecule has 0 radical (unpaired) electrons. The lowest BCUT2D eigenvalue weighted by Gasteiger charge is -2.09. The number of fused-ring (bicyclic) bond motifs is 1. The molecule has 0 unspecified atom stereocenters. The Morgan fingerprint density at radius 1 is 1.43 bits per heavy atom. The van der Waals surface area contributed by atoms with Gasteiger partial charge in [0.1, 0.15) is 18.2 Å². The number of benzene rings is 1. The number of carbonyl (C=O) groups is 1. The Hall–Kier alpha value is -2.43. The number of nitrogens with zero attached hydrogens (tertiary/aromatic N) is 2. The fraction of sp³-hybridized carbons (Fsp3) is 0.389. The molecule has 5 heteroatoms. The number of nitrogens with one attached hydrogen (secondary N) is 1. The number of rotatable bonds is 5. The summed E-state index contributed by atoms with van der Waals surface area (Å²) >= 11 is 0. The fourth-order valence-corrected chi connectivity index (χ4v) is 2.84. The van der Waals surface area contributed by atoms with Crippen molar-refractivity contribution >= 4 is 5.91 Å². The van der Waals surface area contributed by atoms with Crippen LogP contribution >= 0.6 is 0 Å². The Bertz CT molecular complexity index is 715. The van der Waals surface area contributed by atoms with Crippen molar-refractivity contribution in [3.63, 3.8) is 0 Å². The van der Waals surface area contributed by atoms with Crippen LogP contribution in [0.15, 0.2) is 30.7 Å². The summed E-state index contributed by atoms with van der Waals surface area (Å²) in [7, 11) is 0. The summed E-state index contributed by atoms with van der Waals surface area (Å²) in [5.74, 6) is 0.827. The lowest BCUT2D eigenvalue weighted by Crippen LogP contribution is -2.24. The molecule has 1 atom stereocenters. The van der Waals surface area contributed by atoms with E-state index in [-0.39, 0.29) is 12.0 Å². The van der Waals surface area contributed by atoms with Gasteiger partial charge in [-0.25, -0.2) is 9.97 Å². The van der Waals surface area contributed by atoms with E-state index in [0.717, 1.165) is 36.3 Å². The number of ether oxygens (including phenoxy) is 1. The maximum Gasteiger partial charge on any atom is 0.254 e. The topological polar surface area (TPSA) is 64.1 Å². The first-order chi connectivity index (χ1) is 11.2. The lowest BCUT2D eigenvalue weighted by atomic mass is 10.1. The number of hydrogen-bond donors (Lipinski definition) is 1. The van der Waals surface area contributed by atoms with Crippen LogP contribution in [-0.2, 0) is 19.4 Å². The third kappa shape index (κ3) is 3.50. The second-order valence-corrected chi connectivity index (χ2v) is 5.89. The zero-order valence-electron chi connectivity index (χ0n) is 13.5. The minimum atomic E-state index is -0.126. The standard InChI is InChI=1S/C18H21N3O2/c1-3-4-16-15(10-19-11-21-16)18(22)20-9-13-5-6-17-14(8-13)7-12(2)23-17/h5-6,8,10-12H,3-4,7,9H2,1-2H3,(H,20,22)/t12-/m0/s1. The average molecular weight is 311 g/mol. The van der Waals surface area contributed by atoms with E-state index in [0.29, 0.717) is 12.1 Å². The van der Waals surface area contributed by atoms with E-state index in [1.807, 2.05) is 12.1 Å². The molecule has 1 aromatic heterocycles. The molecule has 0 saturated carbocycles. The molecule has 0 saturated heterocycles. The third-order valence-corrected chi connectivity index (χ3v) is 3.94. The van der Waals surface area contributed by atoms with Gasteiger partial charge < -0.3 is 10.1 Å². The molecule has 0 aliphatic carbocycles. The minimum absolute atomic E-state index is 0.126. The van der Waals surface area contributed by atoms with Crippen molar-refractivity contribution in [2.45, 2.75) is 45.8 Å². The van der Waals surface area contributed by atoms with Crippen LogP contribution in [0.1, 0.15) is 47.4 Å². The third-order valence-electron chi connectivity index (χ3n) is 3.94. The van der Waals surface area contributed by atoms with Gasteiger partial charge in [-0.3, -0.25) is 4.79 Å². The maximum atomic E-state index is 12.4. The summed E-state index contributed by atoms with van der Waals surface area (Å²) in [5.41, 5.74) is 3.64. The molecule has 120 valence electrons. The Labute approximate surface area is 136 Å². The molecular formula is C18H21N3O2. The van der Waals surface area contributed by atoms with Gasteiger partial charge in [-0.15, -0.1) is 0 Å². The van der Waals surface area contributed by atoms with Crippen LogP contribution < -0.4 is 10.1 Å². The highest BCUT2D eigenvalue weighted by molar-refractivity contribution is 5.94. The summed E-state index contributed by atoms with van der Waals surface area (Å²) in [6.07, 6.45) is 5.95. The second kappa shape index (κ2) is 6.77. The fourth-order valence-electron chi connectivity index (χ4n) is 2.84. The largest absolute Gasteiger partial charge is 0.490 e. The van der Waals surface area contributed by atoms with E-state index < -0.39 is 0 Å². The molecule has 0 fully saturated rings. The van der Waals surface area contributed by atoms with Crippen molar-refractivity contribution in [3.05, 3.63) is 53.1 Å². The van der Waals surface area contributed by atoms with Crippen molar-refractivity contribution in [1.29, 1.82) is 0 Å². The number of hydrogen-bond acceptors (Lipinski definition) is 4. The molecule has 1 aliphatic rings. The Kier molecular flexibility index (Phi) is 4.55. The molecule has 1 aromatic carbocycles. The quantitative estimate of drug-likeness (QED) is 0.922. The molecule has 1 aliphatic heterocycles. The van der Waals surface area contributed by atoms with Gasteiger partial charge in [-0.2, -0.15) is 0 Å². The van der Waals surface area contributed by atoms with E-state index in [1.165, 1.54) is 11.9 Å². The van der Waals surface area contributed by atoms with E-state index >= 15 is 0 Å². The van der Waals surface area contributed by atoms with Crippen LogP contribution in [0.4, 0.5) is 0 Å². The molecule has 2 heterocycles. The SMILES string of the molecule is CCCc1ncncc1C(=O)NCc1ccc2c(c1)C[C@H](C)O2. The zero-order valence-corrected chi connectivity index (χ0v) is 13.5. The number of aromatic nitrogens is 2. The van der Waals surface area contributed by atoms with Crippen molar-refractivity contribution in [2.24, 2.45) is 0 Å². The highest BCUT2D eigenvalue weighted by Crippen LogP contribution is 2.29. The van der Waals surface area contributed by atoms with Crippen molar-refractivity contribution in [3.8, 4) is 5.75 Å². The van der Waals surface area contributed by atoms with Crippen LogP contribution in [-0.4, -0.2) is 22.0 Å². The predicted octanol–water partition coefficient (Wildman–Crippen LogP) is 2.68. The first kappa shape index (κ1) is 15.5. The molecule has 2 aromatic rings. The van der Waals surface area contributed by atoms with Crippen LogP contribution in [0.25, 0.3) is 0 Å². The Morgan fingerprint density at radius 3 is 3.13 bits per heavy atom. The van der Waals surface area contributed by atoms with Crippen LogP contribution in [0.5, 0.6) is 5.75 Å². The first-order valence-electron chi connectivity index (χ1n) is 8.03. The van der Waals surface area contributed by atoms with Gasteiger partial charge in [0.05, 0.1) is 11.3 Å². The molecule has 1 N–H and O–H groups in total. The van der Waals surface area contributed by atoms with Gasteiger partial charge in [-0.1, -0.05) is 25.5 Å². The highest BCUT2D eigenvalue weighted by atomic mass is 16.5. The smallest absolute Gasteiger partial charge is 0.254 e. The Morgan fingerprint density at radius 2 is 2.30 bits per heavy atom. The maximum absolute atomic E-state index is 12.4. The number of carbonyl (C=O) groups excluding carboxylic acids is 1. The Balaban J connectivity index is 1.67. The number of aryl methyl sites for hydroxylation is 1. The van der Waals surface area contributed by atoms with Crippen molar-refractivity contribution in [1.82, 2.24) is 15.3 Å². The van der Waals surface area contributed by atoms with Crippen molar-refractivity contribution < 1.29 is 9.53 Å². The predicted molar refractivity (Wildman–Crippen MR) is 87.4 cm³/mol. The van der Waals surface area contributed by atoms with Gasteiger partial charge >= 0.3 is 0 Å². The first-order valence-corrected chi connectivity index (χ1v) is 8.03. The molecule has 1 amide bonds. The number of amides is 1. The summed E-state index contributed by atoms with van der Waals surface area (Å²) < 4.78 is 5.70. The zero-order chi connectivity index (χ0) is 16.2. The average Bonchev–Trinajstić information content (AvgIpc) is 2.92. The molecule has 23 heavy (non-hydrogen) atoms. The minimum Gasteiger partial charge on any atom is -0.490 e. The lowest BCUT2D eigenvalue weighted by molar-refractivity contribution is 0.0949. The van der Waals surface area contributed by atoms with Gasteiger partial charge in [0, 0.05) is 19.2 Å². The van der Waals surface area contributed by atoms with E-state index in [2.05, 4.69) is 35.2 Å². The van der Waals surface area contributed by atoms with E-state index in [1.54, 1.807) is 6.20 Å². The molecule has 3 rings (SSSR count). The summed E-state index contributed by atoms with van der Waals surface area (Å²) in [4.78, 5) is 20.6. The van der Waals surface area contributed by atoms with Gasteiger partial charge in [0.15, 0.2) is 0 Å². The van der Waals surface area contributed by atoms with Gasteiger partial charge in [0.25, 0.3) is 5.91 Å². The summed E-state index contributed by atoms with van der Waals surface area (Å²) in [5, 5.41) is 2.96. The monoisotopic (exact) mass is 311 g/mol. The normalized spacial score (nSPS) is 15.8. The molecule has 0 spiro atoms. The summed E-state index contributed by atoms with van der Waals surface area (Å²) in [6, 6.07) is 6.08. The second-order valence-electron chi connectivity index (χ2n) is 5.89.